The summed E-state index contributed by atoms with van der Waals surface area (Å²) in [6.45, 7) is 6.04. The first-order valence-corrected chi connectivity index (χ1v) is 6.82. The van der Waals surface area contributed by atoms with Crippen molar-refractivity contribution in [2.24, 2.45) is 17.3 Å². The zero-order valence-corrected chi connectivity index (χ0v) is 10.9. The maximum Gasteiger partial charge on any atom is 0.243 e. The van der Waals surface area contributed by atoms with Crippen molar-refractivity contribution in [3.05, 3.63) is 0 Å². The molecule has 0 aromatic heterocycles. The van der Waals surface area contributed by atoms with Gasteiger partial charge in [-0.15, -0.1) is 0 Å². The van der Waals surface area contributed by atoms with E-state index in [4.69, 9.17) is 0 Å². The Kier molecular flexibility index (Phi) is 3.42. The zero-order chi connectivity index (χ0) is 12.5. The Hall–Kier alpha value is -1.04. The number of piperidine rings is 1. The van der Waals surface area contributed by atoms with Crippen LogP contribution < -0.4 is 0 Å². The van der Waals surface area contributed by atoms with Crippen LogP contribution in [0.3, 0.4) is 0 Å². The van der Waals surface area contributed by atoms with Crippen molar-refractivity contribution in [3.8, 4) is 6.07 Å². The topological polar surface area (TPSA) is 44.1 Å². The molecule has 0 unspecified atom stereocenters. The molecule has 2 aliphatic rings. The van der Waals surface area contributed by atoms with Crippen LogP contribution in [0.1, 0.15) is 46.0 Å². The van der Waals surface area contributed by atoms with E-state index >= 15 is 0 Å². The lowest BCUT2D eigenvalue weighted by atomic mass is 9.62. The van der Waals surface area contributed by atoms with Crippen molar-refractivity contribution in [1.82, 2.24) is 4.90 Å². The molecule has 1 aliphatic heterocycles. The molecule has 1 heterocycles. The van der Waals surface area contributed by atoms with E-state index in [0.717, 1.165) is 44.7 Å². The number of nitriles is 1. The van der Waals surface area contributed by atoms with Crippen molar-refractivity contribution >= 4 is 5.91 Å². The lowest BCUT2D eigenvalue weighted by Gasteiger charge is -2.44. The fraction of sp³-hybridized carbons (Fsp3) is 0.857. The molecule has 3 nitrogen and oxygen atoms in total. The molecule has 1 amide bonds. The standard InChI is InChI=1S/C14H22N2O/c1-3-12-4-6-16(7-5-12)13(17)14(10-15)8-11(2)9-14/h11-12H,3-9H2,1-2H3. The molecule has 1 aliphatic carbocycles. The number of nitrogens with zero attached hydrogens (tertiary/aromatic N) is 2. The van der Waals surface area contributed by atoms with Gasteiger partial charge in [0.05, 0.1) is 6.07 Å². The zero-order valence-electron chi connectivity index (χ0n) is 10.9. The van der Waals surface area contributed by atoms with Gasteiger partial charge in [0.1, 0.15) is 5.41 Å². The summed E-state index contributed by atoms with van der Waals surface area (Å²) in [6.07, 6.45) is 4.95. The number of hydrogen-bond donors (Lipinski definition) is 0. The fourth-order valence-electron chi connectivity index (χ4n) is 3.29. The van der Waals surface area contributed by atoms with Gasteiger partial charge in [0, 0.05) is 13.1 Å². The van der Waals surface area contributed by atoms with Crippen LogP contribution in [0, 0.1) is 28.6 Å². The molecular weight excluding hydrogens is 212 g/mol. The smallest absolute Gasteiger partial charge is 0.243 e. The first-order valence-electron chi connectivity index (χ1n) is 6.82. The maximum atomic E-state index is 12.4. The van der Waals surface area contributed by atoms with Crippen LogP contribution >= 0.6 is 0 Å². The molecule has 1 saturated heterocycles. The minimum absolute atomic E-state index is 0.104. The summed E-state index contributed by atoms with van der Waals surface area (Å²) in [5.41, 5.74) is -0.668. The highest BCUT2D eigenvalue weighted by Gasteiger charge is 2.50. The number of rotatable bonds is 2. The SMILES string of the molecule is CCC1CCN(C(=O)C2(C#N)CC(C)C2)CC1. The Balaban J connectivity index is 1.95. The molecule has 0 radical (unpaired) electrons. The third-order valence-electron chi connectivity index (χ3n) is 4.50. The van der Waals surface area contributed by atoms with Crippen LogP contribution in [0.25, 0.3) is 0 Å². The van der Waals surface area contributed by atoms with Gasteiger partial charge >= 0.3 is 0 Å². The number of hydrogen-bond acceptors (Lipinski definition) is 2. The second-order valence-electron chi connectivity index (χ2n) is 5.85. The van der Waals surface area contributed by atoms with E-state index in [9.17, 15) is 10.1 Å². The second kappa shape index (κ2) is 4.68. The van der Waals surface area contributed by atoms with E-state index in [-0.39, 0.29) is 5.91 Å². The van der Waals surface area contributed by atoms with Gasteiger partial charge in [0.2, 0.25) is 5.91 Å². The van der Waals surface area contributed by atoms with Crippen LogP contribution in [-0.4, -0.2) is 23.9 Å². The second-order valence-corrected chi connectivity index (χ2v) is 5.85. The molecular formula is C14H22N2O. The monoisotopic (exact) mass is 234 g/mol. The summed E-state index contributed by atoms with van der Waals surface area (Å²) in [7, 11) is 0. The molecule has 94 valence electrons. The van der Waals surface area contributed by atoms with Gasteiger partial charge < -0.3 is 4.90 Å². The van der Waals surface area contributed by atoms with E-state index in [1.807, 2.05) is 4.90 Å². The quantitative estimate of drug-likeness (QED) is 0.737. The van der Waals surface area contributed by atoms with Gasteiger partial charge in [0.25, 0.3) is 0 Å². The minimum Gasteiger partial charge on any atom is -0.341 e. The Morgan fingerprint density at radius 3 is 2.41 bits per heavy atom. The van der Waals surface area contributed by atoms with Crippen LogP contribution in [0.15, 0.2) is 0 Å². The largest absolute Gasteiger partial charge is 0.341 e. The predicted molar refractivity (Wildman–Crippen MR) is 66.0 cm³/mol. The normalized spacial score (nSPS) is 33.9. The van der Waals surface area contributed by atoms with E-state index in [1.165, 1.54) is 6.42 Å². The Bertz CT molecular complexity index is 331. The van der Waals surface area contributed by atoms with Gasteiger partial charge in [-0.2, -0.15) is 5.26 Å². The highest BCUT2D eigenvalue weighted by atomic mass is 16.2. The van der Waals surface area contributed by atoms with Crippen molar-refractivity contribution in [1.29, 1.82) is 5.26 Å². The van der Waals surface area contributed by atoms with Crippen LogP contribution in [0.2, 0.25) is 0 Å². The Morgan fingerprint density at radius 1 is 1.41 bits per heavy atom. The van der Waals surface area contributed by atoms with Gasteiger partial charge in [-0.1, -0.05) is 20.3 Å². The molecule has 3 heteroatoms. The summed E-state index contributed by atoms with van der Waals surface area (Å²) >= 11 is 0. The van der Waals surface area contributed by atoms with Gasteiger partial charge in [-0.25, -0.2) is 0 Å². The fourth-order valence-corrected chi connectivity index (χ4v) is 3.29. The Labute approximate surface area is 104 Å². The average molecular weight is 234 g/mol. The van der Waals surface area contributed by atoms with E-state index < -0.39 is 5.41 Å². The Morgan fingerprint density at radius 2 is 2.00 bits per heavy atom. The summed E-state index contributed by atoms with van der Waals surface area (Å²) in [5, 5.41) is 9.26. The molecule has 1 saturated carbocycles. The predicted octanol–water partition coefficient (Wildman–Crippen LogP) is 2.57. The van der Waals surface area contributed by atoms with Gasteiger partial charge in [-0.05, 0) is 37.5 Å². The van der Waals surface area contributed by atoms with Crippen LogP contribution in [-0.2, 0) is 4.79 Å². The van der Waals surface area contributed by atoms with Crippen molar-refractivity contribution < 1.29 is 4.79 Å². The molecule has 0 aromatic rings. The molecule has 0 N–H and O–H groups in total. The summed E-state index contributed by atoms with van der Waals surface area (Å²) in [6, 6.07) is 2.28. The summed E-state index contributed by atoms with van der Waals surface area (Å²) in [4.78, 5) is 14.3. The van der Waals surface area contributed by atoms with Crippen molar-refractivity contribution in [3.63, 3.8) is 0 Å². The molecule has 0 bridgehead atoms. The van der Waals surface area contributed by atoms with Crippen LogP contribution in [0.5, 0.6) is 0 Å². The average Bonchev–Trinajstić information content (AvgIpc) is 2.34. The summed E-state index contributed by atoms with van der Waals surface area (Å²) in [5.74, 6) is 1.41. The lowest BCUT2D eigenvalue weighted by Crippen LogP contribution is -2.52. The van der Waals surface area contributed by atoms with E-state index in [0.29, 0.717) is 5.92 Å². The van der Waals surface area contributed by atoms with E-state index in [1.54, 1.807) is 0 Å². The molecule has 0 aromatic carbocycles. The van der Waals surface area contributed by atoms with Crippen molar-refractivity contribution in [2.45, 2.75) is 46.0 Å². The number of carbonyl (C=O) groups excluding carboxylic acids is 1. The molecule has 0 atom stereocenters. The van der Waals surface area contributed by atoms with Gasteiger partial charge in [0.15, 0.2) is 0 Å². The molecule has 0 spiro atoms. The molecule has 17 heavy (non-hydrogen) atoms. The number of carbonyl (C=O) groups is 1. The third kappa shape index (κ3) is 2.18. The molecule has 2 rings (SSSR count). The maximum absolute atomic E-state index is 12.4. The van der Waals surface area contributed by atoms with Crippen molar-refractivity contribution in [2.75, 3.05) is 13.1 Å². The van der Waals surface area contributed by atoms with Gasteiger partial charge in [-0.3, -0.25) is 4.79 Å². The third-order valence-corrected chi connectivity index (χ3v) is 4.50. The first-order chi connectivity index (χ1) is 8.11. The first kappa shape index (κ1) is 12.4. The molecule has 2 fully saturated rings. The van der Waals surface area contributed by atoms with E-state index in [2.05, 4.69) is 19.9 Å². The minimum atomic E-state index is -0.668. The lowest BCUT2D eigenvalue weighted by molar-refractivity contribution is -0.146. The number of likely N-dealkylation sites (tertiary alicyclic amines) is 1. The highest BCUT2D eigenvalue weighted by Crippen LogP contribution is 2.46. The van der Waals surface area contributed by atoms with Crippen LogP contribution in [0.4, 0.5) is 0 Å². The highest BCUT2D eigenvalue weighted by molar-refractivity contribution is 5.86. The number of amides is 1. The summed E-state index contributed by atoms with van der Waals surface area (Å²) < 4.78 is 0.